The van der Waals surface area contributed by atoms with Crippen molar-refractivity contribution in [2.75, 3.05) is 0 Å². The molecule has 0 saturated heterocycles. The van der Waals surface area contributed by atoms with Crippen LogP contribution in [0.5, 0.6) is 0 Å². The van der Waals surface area contributed by atoms with Gasteiger partial charge in [0.1, 0.15) is 0 Å². The quantitative estimate of drug-likeness (QED) is 0.639. The number of rotatable bonds is 2. The zero-order valence-electron chi connectivity index (χ0n) is 7.51. The highest BCUT2D eigenvalue weighted by atomic mass is 16.4. The van der Waals surface area contributed by atoms with Crippen LogP contribution in [0.15, 0.2) is 0 Å². The third-order valence-corrected chi connectivity index (χ3v) is 2.11. The Morgan fingerprint density at radius 2 is 1.64 bits per heavy atom. The zero-order valence-corrected chi connectivity index (χ0v) is 7.51. The smallest absolute Gasteiger partial charge is 0.306 e. The van der Waals surface area contributed by atoms with Crippen LogP contribution in [0.25, 0.3) is 0 Å². The highest BCUT2D eigenvalue weighted by molar-refractivity contribution is 5.68. The molecule has 1 atom stereocenters. The first-order valence-corrected chi connectivity index (χ1v) is 3.61. The van der Waals surface area contributed by atoms with Gasteiger partial charge in [-0.2, -0.15) is 0 Å². The number of hydrogen-bond donors (Lipinski definition) is 2. The standard InChI is InChI=1S/C8H16O3/c1-7(2,3)8(4,11)5-6(9)10/h11H,5H2,1-4H3,(H,9,10). The molecule has 0 heterocycles. The second-order valence-electron chi connectivity index (χ2n) is 4.09. The van der Waals surface area contributed by atoms with E-state index in [-0.39, 0.29) is 6.42 Å². The minimum atomic E-state index is -1.14. The molecule has 0 aromatic rings. The lowest BCUT2D eigenvalue weighted by Gasteiger charge is -2.35. The summed E-state index contributed by atoms with van der Waals surface area (Å²) in [6.07, 6.45) is -0.212. The second-order valence-corrected chi connectivity index (χ2v) is 4.09. The molecule has 0 fully saturated rings. The molecule has 3 nitrogen and oxygen atoms in total. The maximum atomic E-state index is 10.3. The van der Waals surface area contributed by atoms with E-state index in [0.29, 0.717) is 0 Å². The Morgan fingerprint density at radius 1 is 1.27 bits per heavy atom. The predicted molar refractivity (Wildman–Crippen MR) is 42.3 cm³/mol. The number of carboxylic acids is 1. The van der Waals surface area contributed by atoms with Crippen molar-refractivity contribution in [1.29, 1.82) is 0 Å². The molecular weight excluding hydrogens is 144 g/mol. The molecule has 66 valence electrons. The van der Waals surface area contributed by atoms with Crippen molar-refractivity contribution in [2.45, 2.75) is 39.7 Å². The summed E-state index contributed by atoms with van der Waals surface area (Å²) in [6.45, 7) is 6.99. The fraction of sp³-hybridized carbons (Fsp3) is 0.875. The number of carboxylic acid groups (broad SMARTS) is 1. The van der Waals surface area contributed by atoms with E-state index in [1.54, 1.807) is 6.92 Å². The lowest BCUT2D eigenvalue weighted by atomic mass is 9.76. The molecule has 0 aliphatic rings. The third-order valence-electron chi connectivity index (χ3n) is 2.11. The monoisotopic (exact) mass is 160 g/mol. The van der Waals surface area contributed by atoms with Gasteiger partial charge in [0, 0.05) is 0 Å². The van der Waals surface area contributed by atoms with Crippen molar-refractivity contribution in [3.8, 4) is 0 Å². The Kier molecular flexibility index (Phi) is 2.67. The summed E-state index contributed by atoms with van der Waals surface area (Å²) < 4.78 is 0. The van der Waals surface area contributed by atoms with Gasteiger partial charge in [-0.3, -0.25) is 4.79 Å². The van der Waals surface area contributed by atoms with Crippen LogP contribution in [0.1, 0.15) is 34.1 Å². The first kappa shape index (κ1) is 10.4. The molecular formula is C8H16O3. The highest BCUT2D eigenvalue weighted by Gasteiger charge is 2.37. The minimum absolute atomic E-state index is 0.212. The van der Waals surface area contributed by atoms with E-state index in [4.69, 9.17) is 5.11 Å². The van der Waals surface area contributed by atoms with Gasteiger partial charge in [-0.25, -0.2) is 0 Å². The van der Waals surface area contributed by atoms with E-state index < -0.39 is 17.0 Å². The fourth-order valence-electron chi connectivity index (χ4n) is 0.560. The van der Waals surface area contributed by atoms with Gasteiger partial charge in [-0.05, 0) is 12.3 Å². The average Bonchev–Trinajstić information content (AvgIpc) is 1.56. The van der Waals surface area contributed by atoms with Crippen LogP contribution in [0.3, 0.4) is 0 Å². The van der Waals surface area contributed by atoms with Crippen molar-refractivity contribution < 1.29 is 15.0 Å². The van der Waals surface area contributed by atoms with Crippen LogP contribution < -0.4 is 0 Å². The third kappa shape index (κ3) is 2.89. The minimum Gasteiger partial charge on any atom is -0.481 e. The van der Waals surface area contributed by atoms with Crippen molar-refractivity contribution in [2.24, 2.45) is 5.41 Å². The molecule has 0 aromatic carbocycles. The maximum Gasteiger partial charge on any atom is 0.306 e. The molecule has 0 aliphatic heterocycles. The maximum absolute atomic E-state index is 10.3. The van der Waals surface area contributed by atoms with Crippen LogP contribution in [0.4, 0.5) is 0 Å². The topological polar surface area (TPSA) is 57.5 Å². The second kappa shape index (κ2) is 2.81. The van der Waals surface area contributed by atoms with Gasteiger partial charge in [-0.1, -0.05) is 20.8 Å². The van der Waals surface area contributed by atoms with E-state index in [2.05, 4.69) is 0 Å². The number of carbonyl (C=O) groups is 1. The molecule has 11 heavy (non-hydrogen) atoms. The molecule has 0 amide bonds. The van der Waals surface area contributed by atoms with E-state index in [1.807, 2.05) is 20.8 Å². The normalized spacial score (nSPS) is 17.5. The Morgan fingerprint density at radius 3 is 1.73 bits per heavy atom. The van der Waals surface area contributed by atoms with Crippen LogP contribution >= 0.6 is 0 Å². The Hall–Kier alpha value is -0.570. The Balaban J connectivity index is 4.34. The summed E-state index contributed by atoms with van der Waals surface area (Å²) in [4.78, 5) is 10.3. The fourth-order valence-corrected chi connectivity index (χ4v) is 0.560. The molecule has 0 bridgehead atoms. The molecule has 0 aromatic heterocycles. The zero-order chi connectivity index (χ0) is 9.28. The molecule has 3 heteroatoms. The summed E-state index contributed by atoms with van der Waals surface area (Å²) in [5, 5.41) is 18.1. The molecule has 0 rings (SSSR count). The van der Waals surface area contributed by atoms with Gasteiger partial charge >= 0.3 is 5.97 Å². The molecule has 2 N–H and O–H groups in total. The van der Waals surface area contributed by atoms with E-state index in [0.717, 1.165) is 0 Å². The van der Waals surface area contributed by atoms with Gasteiger partial charge in [0.15, 0.2) is 0 Å². The number of aliphatic carboxylic acids is 1. The SMILES string of the molecule is CC(C)(C)C(C)(O)CC(=O)O. The molecule has 0 radical (unpaired) electrons. The van der Waals surface area contributed by atoms with Crippen molar-refractivity contribution in [1.82, 2.24) is 0 Å². The number of aliphatic hydroxyl groups is 1. The van der Waals surface area contributed by atoms with E-state index >= 15 is 0 Å². The summed E-state index contributed by atoms with van der Waals surface area (Å²) in [6, 6.07) is 0. The highest BCUT2D eigenvalue weighted by Crippen LogP contribution is 2.32. The van der Waals surface area contributed by atoms with Gasteiger partial charge < -0.3 is 10.2 Å². The molecule has 0 aliphatic carbocycles. The first-order valence-electron chi connectivity index (χ1n) is 3.61. The van der Waals surface area contributed by atoms with Crippen LogP contribution in [-0.2, 0) is 4.79 Å². The van der Waals surface area contributed by atoms with Gasteiger partial charge in [-0.15, -0.1) is 0 Å². The van der Waals surface area contributed by atoms with E-state index in [9.17, 15) is 9.90 Å². The predicted octanol–water partition coefficient (Wildman–Crippen LogP) is 1.26. The summed E-state index contributed by atoms with van der Waals surface area (Å²) in [7, 11) is 0. The summed E-state index contributed by atoms with van der Waals surface area (Å²) in [5.41, 5.74) is -1.54. The summed E-state index contributed by atoms with van der Waals surface area (Å²) >= 11 is 0. The molecule has 0 saturated carbocycles. The number of hydrogen-bond acceptors (Lipinski definition) is 2. The lowest BCUT2D eigenvalue weighted by molar-refractivity contribution is -0.146. The van der Waals surface area contributed by atoms with Gasteiger partial charge in [0.05, 0.1) is 12.0 Å². The van der Waals surface area contributed by atoms with Crippen molar-refractivity contribution in [3.63, 3.8) is 0 Å². The van der Waals surface area contributed by atoms with Crippen LogP contribution in [0.2, 0.25) is 0 Å². The first-order chi connectivity index (χ1) is 4.67. The molecule has 1 unspecified atom stereocenters. The Labute approximate surface area is 67.0 Å². The van der Waals surface area contributed by atoms with Gasteiger partial charge in [0.2, 0.25) is 0 Å². The van der Waals surface area contributed by atoms with Gasteiger partial charge in [0.25, 0.3) is 0 Å². The lowest BCUT2D eigenvalue weighted by Crippen LogP contribution is -2.41. The van der Waals surface area contributed by atoms with Crippen LogP contribution in [-0.4, -0.2) is 21.8 Å². The van der Waals surface area contributed by atoms with E-state index in [1.165, 1.54) is 0 Å². The van der Waals surface area contributed by atoms with Crippen LogP contribution in [0, 0.1) is 5.41 Å². The average molecular weight is 160 g/mol. The van der Waals surface area contributed by atoms with Crippen molar-refractivity contribution in [3.05, 3.63) is 0 Å². The Bertz CT molecular complexity index is 153. The van der Waals surface area contributed by atoms with Crippen molar-refractivity contribution >= 4 is 5.97 Å². The molecule has 0 spiro atoms. The summed E-state index contributed by atoms with van der Waals surface area (Å²) in [5.74, 6) is -0.968. The largest absolute Gasteiger partial charge is 0.481 e.